The Morgan fingerprint density at radius 3 is 2.83 bits per heavy atom. The fourth-order valence-electron chi connectivity index (χ4n) is 3.47. The fraction of sp³-hybridized carbons (Fsp3) is 0.400. The molecule has 1 aliphatic rings. The first-order valence-corrected chi connectivity index (χ1v) is 9.48. The molecule has 9 nitrogen and oxygen atoms in total. The maximum absolute atomic E-state index is 13.0. The Balaban J connectivity index is 1.56. The number of aromatic nitrogens is 4. The monoisotopic (exact) mass is 396 g/mol. The van der Waals surface area contributed by atoms with E-state index >= 15 is 0 Å². The molecule has 3 heterocycles. The molecular weight excluding hydrogens is 372 g/mol. The van der Waals surface area contributed by atoms with Gasteiger partial charge in [-0.05, 0) is 39.0 Å². The van der Waals surface area contributed by atoms with Gasteiger partial charge in [-0.2, -0.15) is 5.10 Å². The van der Waals surface area contributed by atoms with Crippen molar-refractivity contribution in [1.82, 2.24) is 24.6 Å². The van der Waals surface area contributed by atoms with Gasteiger partial charge >= 0.3 is 6.09 Å². The lowest BCUT2D eigenvalue weighted by atomic mass is 10.1. The molecule has 0 spiro atoms. The summed E-state index contributed by atoms with van der Waals surface area (Å²) in [6.07, 6.45) is 1.80. The summed E-state index contributed by atoms with van der Waals surface area (Å²) in [5.74, 6) is -0.272. The predicted molar refractivity (Wildman–Crippen MR) is 108 cm³/mol. The van der Waals surface area contributed by atoms with Crippen LogP contribution in [0.1, 0.15) is 42.5 Å². The van der Waals surface area contributed by atoms with E-state index in [-0.39, 0.29) is 12.0 Å². The SMILES string of the molecule is Cn1nc2c(c1C(=O)Nc1ccc3nc[nH]c3c1)CN(C(=O)OC(C)(C)C)CC2. The van der Waals surface area contributed by atoms with Crippen molar-refractivity contribution in [2.45, 2.75) is 39.3 Å². The average molecular weight is 396 g/mol. The van der Waals surface area contributed by atoms with Gasteiger partial charge in [-0.3, -0.25) is 9.48 Å². The smallest absolute Gasteiger partial charge is 0.410 e. The van der Waals surface area contributed by atoms with Crippen LogP contribution in [0.25, 0.3) is 11.0 Å². The maximum atomic E-state index is 13.0. The molecule has 0 fully saturated rings. The van der Waals surface area contributed by atoms with Crippen LogP contribution in [0.15, 0.2) is 24.5 Å². The quantitative estimate of drug-likeness (QED) is 0.693. The van der Waals surface area contributed by atoms with Crippen LogP contribution < -0.4 is 5.32 Å². The molecule has 0 saturated heterocycles. The van der Waals surface area contributed by atoms with Crippen LogP contribution in [0.5, 0.6) is 0 Å². The lowest BCUT2D eigenvalue weighted by Crippen LogP contribution is -2.40. The number of H-pyrrole nitrogens is 1. The summed E-state index contributed by atoms with van der Waals surface area (Å²) in [6.45, 7) is 6.30. The highest BCUT2D eigenvalue weighted by Crippen LogP contribution is 2.25. The van der Waals surface area contributed by atoms with Gasteiger partial charge in [0.2, 0.25) is 0 Å². The van der Waals surface area contributed by atoms with Crippen molar-refractivity contribution in [3.8, 4) is 0 Å². The third-order valence-electron chi connectivity index (χ3n) is 4.74. The van der Waals surface area contributed by atoms with Crippen LogP contribution in [0.2, 0.25) is 0 Å². The zero-order valence-electron chi connectivity index (χ0n) is 16.9. The first kappa shape index (κ1) is 19.0. The van der Waals surface area contributed by atoms with Crippen LogP contribution in [-0.4, -0.2) is 48.8 Å². The maximum Gasteiger partial charge on any atom is 0.410 e. The summed E-state index contributed by atoms with van der Waals surface area (Å²) < 4.78 is 7.05. The number of carbonyl (C=O) groups is 2. The van der Waals surface area contributed by atoms with Crippen molar-refractivity contribution in [1.29, 1.82) is 0 Å². The van der Waals surface area contributed by atoms with Crippen LogP contribution in [0.4, 0.5) is 10.5 Å². The normalized spacial score (nSPS) is 14.0. The van der Waals surface area contributed by atoms with Gasteiger partial charge in [-0.25, -0.2) is 9.78 Å². The molecule has 4 rings (SSSR count). The standard InChI is InChI=1S/C20H24N6O3/c1-20(2,3)29-19(28)26-8-7-14-13(10-26)17(25(4)24-14)18(27)23-12-5-6-15-16(9-12)22-11-21-15/h5-6,9,11H,7-8,10H2,1-4H3,(H,21,22)(H,23,27). The highest BCUT2D eigenvalue weighted by Gasteiger charge is 2.31. The van der Waals surface area contributed by atoms with Gasteiger partial charge in [0, 0.05) is 31.3 Å². The van der Waals surface area contributed by atoms with Crippen LogP contribution >= 0.6 is 0 Å². The molecule has 152 valence electrons. The molecule has 9 heteroatoms. The summed E-state index contributed by atoms with van der Waals surface area (Å²) in [4.78, 5) is 34.3. The van der Waals surface area contributed by atoms with Gasteiger partial charge in [-0.1, -0.05) is 0 Å². The first-order valence-electron chi connectivity index (χ1n) is 9.48. The summed E-state index contributed by atoms with van der Waals surface area (Å²) in [5.41, 5.74) is 3.78. The van der Waals surface area contributed by atoms with Crippen LogP contribution in [-0.2, 0) is 24.8 Å². The highest BCUT2D eigenvalue weighted by molar-refractivity contribution is 6.05. The van der Waals surface area contributed by atoms with Crippen LogP contribution in [0.3, 0.4) is 0 Å². The molecule has 0 unspecified atom stereocenters. The Hall–Kier alpha value is -3.36. The number of hydrogen-bond acceptors (Lipinski definition) is 5. The highest BCUT2D eigenvalue weighted by atomic mass is 16.6. The molecule has 29 heavy (non-hydrogen) atoms. The van der Waals surface area contributed by atoms with Crippen molar-refractivity contribution < 1.29 is 14.3 Å². The van der Waals surface area contributed by atoms with E-state index in [1.165, 1.54) is 0 Å². The molecular formula is C20H24N6O3. The molecule has 1 aromatic carbocycles. The predicted octanol–water partition coefficient (Wildman–Crippen LogP) is 2.84. The zero-order chi connectivity index (χ0) is 20.8. The Morgan fingerprint density at radius 1 is 1.28 bits per heavy atom. The van der Waals surface area contributed by atoms with Crippen molar-refractivity contribution >= 4 is 28.7 Å². The third-order valence-corrected chi connectivity index (χ3v) is 4.74. The van der Waals surface area contributed by atoms with E-state index in [2.05, 4.69) is 20.4 Å². The van der Waals surface area contributed by atoms with E-state index in [0.29, 0.717) is 30.9 Å². The molecule has 2 aromatic heterocycles. The minimum absolute atomic E-state index is 0.272. The molecule has 0 bridgehead atoms. The molecule has 2 N–H and O–H groups in total. The van der Waals surface area contributed by atoms with Gasteiger partial charge in [0.25, 0.3) is 5.91 Å². The molecule has 0 aliphatic carbocycles. The first-order chi connectivity index (χ1) is 13.7. The van der Waals surface area contributed by atoms with Crippen molar-refractivity contribution in [2.24, 2.45) is 7.05 Å². The summed E-state index contributed by atoms with van der Waals surface area (Å²) in [5, 5.41) is 7.40. The van der Waals surface area contributed by atoms with E-state index in [4.69, 9.17) is 4.74 Å². The van der Waals surface area contributed by atoms with Gasteiger partial charge in [-0.15, -0.1) is 0 Å². The van der Waals surface area contributed by atoms with Gasteiger partial charge in [0.15, 0.2) is 0 Å². The minimum atomic E-state index is -0.572. The van der Waals surface area contributed by atoms with E-state index in [1.54, 1.807) is 29.0 Å². The van der Waals surface area contributed by atoms with E-state index < -0.39 is 5.60 Å². The number of rotatable bonds is 2. The number of hydrogen-bond donors (Lipinski definition) is 2. The topological polar surface area (TPSA) is 105 Å². The molecule has 3 aromatic rings. The Morgan fingerprint density at radius 2 is 2.07 bits per heavy atom. The number of imidazole rings is 1. The van der Waals surface area contributed by atoms with Crippen molar-refractivity contribution in [3.63, 3.8) is 0 Å². The lowest BCUT2D eigenvalue weighted by molar-refractivity contribution is 0.0222. The summed E-state index contributed by atoms with van der Waals surface area (Å²) in [7, 11) is 1.74. The Bertz CT molecular complexity index is 1090. The number of anilines is 1. The average Bonchev–Trinajstić information content (AvgIpc) is 3.22. The van der Waals surface area contributed by atoms with Gasteiger partial charge in [0.05, 0.1) is 29.6 Å². The van der Waals surface area contributed by atoms with Gasteiger partial charge in [0.1, 0.15) is 11.3 Å². The number of aryl methyl sites for hydroxylation is 1. The largest absolute Gasteiger partial charge is 0.444 e. The number of ether oxygens (including phenoxy) is 1. The molecule has 1 aliphatic heterocycles. The Kier molecular flexibility index (Phi) is 4.52. The molecule has 0 atom stereocenters. The number of nitrogens with one attached hydrogen (secondary N) is 2. The third kappa shape index (κ3) is 3.80. The second-order valence-electron chi connectivity index (χ2n) is 8.14. The number of benzene rings is 1. The number of amides is 2. The fourth-order valence-corrected chi connectivity index (χ4v) is 3.47. The minimum Gasteiger partial charge on any atom is -0.444 e. The molecule has 0 saturated carbocycles. The Labute approximate surface area is 168 Å². The second-order valence-corrected chi connectivity index (χ2v) is 8.14. The number of aromatic amines is 1. The van der Waals surface area contributed by atoms with E-state index in [9.17, 15) is 9.59 Å². The summed E-state index contributed by atoms with van der Waals surface area (Å²) >= 11 is 0. The number of fused-ring (bicyclic) bond motifs is 2. The molecule has 2 amide bonds. The number of carbonyl (C=O) groups excluding carboxylic acids is 2. The van der Waals surface area contributed by atoms with E-state index in [1.807, 2.05) is 32.9 Å². The summed E-state index contributed by atoms with van der Waals surface area (Å²) in [6, 6.07) is 5.47. The zero-order valence-corrected chi connectivity index (χ0v) is 16.9. The van der Waals surface area contributed by atoms with Gasteiger partial charge < -0.3 is 19.9 Å². The second kappa shape index (κ2) is 6.91. The number of nitrogens with zero attached hydrogens (tertiary/aromatic N) is 4. The molecule has 0 radical (unpaired) electrons. The van der Waals surface area contributed by atoms with Crippen molar-refractivity contribution in [2.75, 3.05) is 11.9 Å². The van der Waals surface area contributed by atoms with Crippen molar-refractivity contribution in [3.05, 3.63) is 41.5 Å². The lowest BCUT2D eigenvalue weighted by Gasteiger charge is -2.29. The van der Waals surface area contributed by atoms with Crippen LogP contribution in [0, 0.1) is 0 Å². The van der Waals surface area contributed by atoms with E-state index in [0.717, 1.165) is 22.3 Å².